The van der Waals surface area contributed by atoms with Crippen LogP contribution in [0.1, 0.15) is 29.7 Å². The molecule has 0 fully saturated rings. The summed E-state index contributed by atoms with van der Waals surface area (Å²) in [7, 11) is 0. The molecule has 0 radical (unpaired) electrons. The molecule has 1 aliphatic heterocycles. The first-order valence-electron chi connectivity index (χ1n) is 9.45. The lowest BCUT2D eigenvalue weighted by Crippen LogP contribution is -2.39. The van der Waals surface area contributed by atoms with Crippen molar-refractivity contribution in [2.24, 2.45) is 0 Å². The Morgan fingerprint density at radius 1 is 1.19 bits per heavy atom. The van der Waals surface area contributed by atoms with E-state index < -0.39 is 18.0 Å². The Labute approximate surface area is 177 Å². The van der Waals surface area contributed by atoms with Crippen molar-refractivity contribution < 1.29 is 18.7 Å². The standard InChI is InChI=1S/C22H18FN5O3/c1-14(17-3-2-4-18(23)10-17)31-22(29)28-7-8-30-20-19(28)9-15(11-25-20)5-6-16-12-26-21(24)27-13-16/h2-4,9-14H,7-8H2,1H3,(H2,24,26,27)/t14-/m0/s1. The van der Waals surface area contributed by atoms with Crippen LogP contribution in [0.2, 0.25) is 0 Å². The summed E-state index contributed by atoms with van der Waals surface area (Å²) in [6.45, 7) is 2.24. The molecule has 31 heavy (non-hydrogen) atoms. The number of nitrogens with two attached hydrogens (primary N) is 1. The summed E-state index contributed by atoms with van der Waals surface area (Å²) < 4.78 is 24.6. The highest BCUT2D eigenvalue weighted by Crippen LogP contribution is 2.31. The number of carbonyl (C=O) groups excluding carboxylic acids is 1. The molecule has 3 heterocycles. The van der Waals surface area contributed by atoms with Crippen LogP contribution in [0.4, 0.5) is 20.8 Å². The number of rotatable bonds is 2. The number of hydrogen-bond acceptors (Lipinski definition) is 7. The quantitative estimate of drug-likeness (QED) is 0.637. The summed E-state index contributed by atoms with van der Waals surface area (Å²) in [5.74, 6) is 5.95. The second-order valence-electron chi connectivity index (χ2n) is 6.71. The maximum Gasteiger partial charge on any atom is 0.415 e. The fourth-order valence-corrected chi connectivity index (χ4v) is 2.95. The molecule has 0 saturated heterocycles. The normalized spacial score (nSPS) is 13.3. The summed E-state index contributed by atoms with van der Waals surface area (Å²) in [6.07, 6.45) is 3.37. The number of amides is 1. The molecule has 0 spiro atoms. The third-order valence-electron chi connectivity index (χ3n) is 4.52. The summed E-state index contributed by atoms with van der Waals surface area (Å²) in [5, 5.41) is 0. The number of benzene rings is 1. The van der Waals surface area contributed by atoms with E-state index in [-0.39, 0.29) is 19.1 Å². The molecule has 0 saturated carbocycles. The largest absolute Gasteiger partial charge is 0.474 e. The summed E-state index contributed by atoms with van der Waals surface area (Å²) in [5.41, 5.74) is 7.63. The summed E-state index contributed by atoms with van der Waals surface area (Å²) in [4.78, 5) is 26.3. The van der Waals surface area contributed by atoms with Crippen LogP contribution in [0.25, 0.3) is 0 Å². The lowest BCUT2D eigenvalue weighted by atomic mass is 10.1. The molecule has 0 bridgehead atoms. The summed E-state index contributed by atoms with van der Waals surface area (Å²) >= 11 is 0. The van der Waals surface area contributed by atoms with Gasteiger partial charge in [-0.2, -0.15) is 0 Å². The molecule has 3 aromatic rings. The molecule has 4 rings (SSSR count). The van der Waals surface area contributed by atoms with Crippen LogP contribution in [0.5, 0.6) is 5.88 Å². The molecule has 9 heteroatoms. The Morgan fingerprint density at radius 2 is 1.94 bits per heavy atom. The van der Waals surface area contributed by atoms with Crippen molar-refractivity contribution in [1.82, 2.24) is 15.0 Å². The van der Waals surface area contributed by atoms with Crippen molar-refractivity contribution in [2.75, 3.05) is 23.8 Å². The SMILES string of the molecule is C[C@H](OC(=O)N1CCOc2ncc(C#Cc3cnc(N)nc3)cc21)c1cccc(F)c1. The van der Waals surface area contributed by atoms with Gasteiger partial charge < -0.3 is 15.2 Å². The fourth-order valence-electron chi connectivity index (χ4n) is 2.95. The van der Waals surface area contributed by atoms with Gasteiger partial charge in [0.25, 0.3) is 0 Å². The predicted molar refractivity (Wildman–Crippen MR) is 111 cm³/mol. The minimum Gasteiger partial charge on any atom is -0.474 e. The maximum absolute atomic E-state index is 13.5. The Kier molecular flexibility index (Phi) is 5.62. The molecule has 1 aromatic carbocycles. The number of ether oxygens (including phenoxy) is 2. The van der Waals surface area contributed by atoms with Crippen molar-refractivity contribution in [1.29, 1.82) is 0 Å². The molecular formula is C22H18FN5O3. The van der Waals surface area contributed by atoms with Gasteiger partial charge in [-0.3, -0.25) is 4.90 Å². The maximum atomic E-state index is 13.5. The van der Waals surface area contributed by atoms with Gasteiger partial charge in [0.1, 0.15) is 24.2 Å². The number of nitrogens with zero attached hydrogens (tertiary/aromatic N) is 4. The van der Waals surface area contributed by atoms with Crippen LogP contribution in [0, 0.1) is 17.7 Å². The minimum absolute atomic E-state index is 0.166. The average molecular weight is 419 g/mol. The number of fused-ring (bicyclic) bond motifs is 1. The predicted octanol–water partition coefficient (Wildman–Crippen LogP) is 3.09. The zero-order valence-corrected chi connectivity index (χ0v) is 16.6. The molecule has 1 amide bonds. The lowest BCUT2D eigenvalue weighted by Gasteiger charge is -2.29. The Balaban J connectivity index is 1.54. The molecule has 0 aliphatic carbocycles. The third kappa shape index (κ3) is 4.70. The molecule has 1 atom stereocenters. The van der Waals surface area contributed by atoms with Gasteiger partial charge in [-0.15, -0.1) is 0 Å². The monoisotopic (exact) mass is 419 g/mol. The summed E-state index contributed by atoms with van der Waals surface area (Å²) in [6, 6.07) is 7.63. The first-order valence-corrected chi connectivity index (χ1v) is 9.45. The van der Waals surface area contributed by atoms with Gasteiger partial charge in [-0.25, -0.2) is 24.1 Å². The molecule has 0 unspecified atom stereocenters. The second kappa shape index (κ2) is 8.67. The highest BCUT2D eigenvalue weighted by atomic mass is 19.1. The number of aromatic nitrogens is 3. The number of halogens is 1. The highest BCUT2D eigenvalue weighted by molar-refractivity contribution is 5.90. The van der Waals surface area contributed by atoms with E-state index in [9.17, 15) is 9.18 Å². The molecule has 8 nitrogen and oxygen atoms in total. The van der Waals surface area contributed by atoms with Gasteiger partial charge in [0.05, 0.1) is 12.1 Å². The van der Waals surface area contributed by atoms with Gasteiger partial charge in [0.15, 0.2) is 0 Å². The number of carbonyl (C=O) groups is 1. The molecule has 2 aromatic heterocycles. The lowest BCUT2D eigenvalue weighted by molar-refractivity contribution is 0.111. The Bertz CT molecular complexity index is 1170. The van der Waals surface area contributed by atoms with Gasteiger partial charge >= 0.3 is 6.09 Å². The van der Waals surface area contributed by atoms with Gasteiger partial charge in [-0.1, -0.05) is 24.0 Å². The van der Waals surface area contributed by atoms with E-state index in [1.54, 1.807) is 31.3 Å². The number of anilines is 2. The minimum atomic E-state index is -0.629. The van der Waals surface area contributed by atoms with Crippen molar-refractivity contribution in [3.05, 3.63) is 71.4 Å². The van der Waals surface area contributed by atoms with E-state index in [0.29, 0.717) is 28.3 Å². The zero-order chi connectivity index (χ0) is 21.8. The van der Waals surface area contributed by atoms with Crippen molar-refractivity contribution >= 4 is 17.7 Å². The van der Waals surface area contributed by atoms with E-state index >= 15 is 0 Å². The average Bonchev–Trinajstić information content (AvgIpc) is 2.78. The van der Waals surface area contributed by atoms with Crippen molar-refractivity contribution in [2.45, 2.75) is 13.0 Å². The van der Waals surface area contributed by atoms with Crippen LogP contribution in [0.15, 0.2) is 48.9 Å². The second-order valence-corrected chi connectivity index (χ2v) is 6.71. The van der Waals surface area contributed by atoms with Crippen LogP contribution in [-0.2, 0) is 4.74 Å². The van der Waals surface area contributed by atoms with E-state index in [4.69, 9.17) is 15.2 Å². The number of pyridine rings is 1. The van der Waals surface area contributed by atoms with E-state index in [2.05, 4.69) is 26.8 Å². The van der Waals surface area contributed by atoms with E-state index in [1.165, 1.54) is 29.4 Å². The van der Waals surface area contributed by atoms with Crippen LogP contribution in [0.3, 0.4) is 0 Å². The zero-order valence-electron chi connectivity index (χ0n) is 16.6. The number of nitrogen functional groups attached to an aromatic ring is 1. The molecule has 1 aliphatic rings. The van der Waals surface area contributed by atoms with E-state index in [1.807, 2.05) is 0 Å². The fraction of sp³-hybridized carbons (Fsp3) is 0.182. The third-order valence-corrected chi connectivity index (χ3v) is 4.52. The van der Waals surface area contributed by atoms with E-state index in [0.717, 1.165) is 0 Å². The highest BCUT2D eigenvalue weighted by Gasteiger charge is 2.27. The van der Waals surface area contributed by atoms with Gasteiger partial charge in [-0.05, 0) is 30.7 Å². The first kappa shape index (κ1) is 20.1. The van der Waals surface area contributed by atoms with Crippen LogP contribution in [-0.4, -0.2) is 34.2 Å². The Hall–Kier alpha value is -4.19. The molecular weight excluding hydrogens is 401 g/mol. The molecule has 2 N–H and O–H groups in total. The van der Waals surface area contributed by atoms with Crippen LogP contribution >= 0.6 is 0 Å². The topological polar surface area (TPSA) is 103 Å². The number of hydrogen-bond donors (Lipinski definition) is 1. The van der Waals surface area contributed by atoms with Gasteiger partial charge in [0, 0.05) is 24.2 Å². The smallest absolute Gasteiger partial charge is 0.415 e. The molecule has 156 valence electrons. The Morgan fingerprint density at radius 3 is 2.71 bits per heavy atom. The van der Waals surface area contributed by atoms with Crippen molar-refractivity contribution in [3.63, 3.8) is 0 Å². The van der Waals surface area contributed by atoms with Crippen molar-refractivity contribution in [3.8, 4) is 17.7 Å². The first-order chi connectivity index (χ1) is 15.0. The van der Waals surface area contributed by atoms with Gasteiger partial charge in [0.2, 0.25) is 11.8 Å². The van der Waals surface area contributed by atoms with Crippen LogP contribution < -0.4 is 15.4 Å².